The highest BCUT2D eigenvalue weighted by atomic mass is 127. The fraction of sp³-hybridized carbons (Fsp3) is 0.231. The quantitative estimate of drug-likeness (QED) is 0.739. The first-order valence-electron chi connectivity index (χ1n) is 5.81. The summed E-state index contributed by atoms with van der Waals surface area (Å²) < 4.78 is 6.80. The van der Waals surface area contributed by atoms with Gasteiger partial charge in [0.1, 0.15) is 17.9 Å². The maximum Gasteiger partial charge on any atom is 0.149 e. The van der Waals surface area contributed by atoms with Gasteiger partial charge >= 0.3 is 0 Å². The second-order valence-electron chi connectivity index (χ2n) is 4.02. The molecule has 0 radical (unpaired) electrons. The molecule has 0 unspecified atom stereocenters. The number of aromatic nitrogens is 2. The fourth-order valence-corrected chi connectivity index (χ4v) is 2.64. The van der Waals surface area contributed by atoms with Crippen LogP contribution in [0.3, 0.4) is 0 Å². The summed E-state index contributed by atoms with van der Waals surface area (Å²) in [7, 11) is 0. The minimum Gasteiger partial charge on any atom is -0.491 e. The van der Waals surface area contributed by atoms with Gasteiger partial charge in [0.2, 0.25) is 0 Å². The van der Waals surface area contributed by atoms with Gasteiger partial charge in [0.15, 0.2) is 0 Å². The van der Waals surface area contributed by atoms with Crippen LogP contribution in [0.4, 0.5) is 11.5 Å². The summed E-state index contributed by atoms with van der Waals surface area (Å²) in [5, 5.41) is 0. The van der Waals surface area contributed by atoms with Gasteiger partial charge in [-0.3, -0.25) is 0 Å². The minimum absolute atomic E-state index is 0.745. The molecule has 5 heteroatoms. The van der Waals surface area contributed by atoms with E-state index in [1.807, 2.05) is 24.4 Å². The van der Waals surface area contributed by atoms with Crippen molar-refractivity contribution in [2.24, 2.45) is 0 Å². The summed E-state index contributed by atoms with van der Waals surface area (Å²) in [6.45, 7) is 1.65. The van der Waals surface area contributed by atoms with Crippen molar-refractivity contribution in [3.8, 4) is 5.75 Å². The third-order valence-corrected chi connectivity index (χ3v) is 3.60. The predicted octanol–water partition coefficient (Wildman–Crippen LogP) is 3.00. The van der Waals surface area contributed by atoms with Crippen molar-refractivity contribution in [3.63, 3.8) is 0 Å². The first-order valence-corrected chi connectivity index (χ1v) is 6.89. The van der Waals surface area contributed by atoms with E-state index in [4.69, 9.17) is 4.74 Å². The maximum atomic E-state index is 5.75. The molecule has 0 fully saturated rings. The number of rotatable bonds is 1. The first-order chi connectivity index (χ1) is 8.86. The Hall–Kier alpha value is -1.37. The van der Waals surface area contributed by atoms with Crippen LogP contribution < -0.4 is 9.64 Å². The molecule has 1 aromatic carbocycles. The molecule has 0 amide bonds. The lowest BCUT2D eigenvalue weighted by molar-refractivity contribution is 0.322. The van der Waals surface area contributed by atoms with Crippen LogP contribution in [0.2, 0.25) is 0 Å². The van der Waals surface area contributed by atoms with Gasteiger partial charge in [-0.2, -0.15) is 0 Å². The van der Waals surface area contributed by atoms with Gasteiger partial charge in [0.25, 0.3) is 0 Å². The number of benzene rings is 1. The third kappa shape index (κ3) is 2.14. The Kier molecular flexibility index (Phi) is 3.31. The molecule has 18 heavy (non-hydrogen) atoms. The lowest BCUT2D eigenvalue weighted by Gasteiger charge is -2.23. The fourth-order valence-electron chi connectivity index (χ4n) is 2.05. The molecule has 0 N–H and O–H groups in total. The number of halogens is 1. The number of para-hydroxylation sites is 2. The molecular formula is C13H12IN3O. The maximum absolute atomic E-state index is 5.75. The Morgan fingerprint density at radius 3 is 3.06 bits per heavy atom. The van der Waals surface area contributed by atoms with Gasteiger partial charge in [-0.05, 0) is 41.1 Å². The topological polar surface area (TPSA) is 38.2 Å². The Labute approximate surface area is 119 Å². The molecule has 2 aromatic rings. The predicted molar refractivity (Wildman–Crippen MR) is 78.3 cm³/mol. The molecule has 0 aliphatic carbocycles. The Morgan fingerprint density at radius 2 is 2.17 bits per heavy atom. The second kappa shape index (κ2) is 5.09. The zero-order chi connectivity index (χ0) is 12.4. The lowest BCUT2D eigenvalue weighted by atomic mass is 10.2. The standard InChI is InChI=1S/C13H12IN3O/c14-10-8-15-9-16-13(10)17-6-3-7-18-12-5-2-1-4-11(12)17/h1-2,4-5,8-9H,3,6-7H2. The Balaban J connectivity index is 2.10. The van der Waals surface area contributed by atoms with Gasteiger partial charge in [-0.25, -0.2) is 9.97 Å². The molecule has 0 spiro atoms. The van der Waals surface area contributed by atoms with Crippen LogP contribution in [0, 0.1) is 3.57 Å². The lowest BCUT2D eigenvalue weighted by Crippen LogP contribution is -2.20. The van der Waals surface area contributed by atoms with Crippen LogP contribution in [-0.4, -0.2) is 23.1 Å². The van der Waals surface area contributed by atoms with Crippen molar-refractivity contribution in [2.45, 2.75) is 6.42 Å². The Morgan fingerprint density at radius 1 is 1.28 bits per heavy atom. The van der Waals surface area contributed by atoms with Crippen LogP contribution in [-0.2, 0) is 0 Å². The number of anilines is 2. The molecule has 1 aromatic heterocycles. The minimum atomic E-state index is 0.745. The van der Waals surface area contributed by atoms with Gasteiger partial charge in [-0.15, -0.1) is 0 Å². The molecule has 3 rings (SSSR count). The number of hydrogen-bond donors (Lipinski definition) is 0. The molecule has 0 atom stereocenters. The highest BCUT2D eigenvalue weighted by Crippen LogP contribution is 2.36. The van der Waals surface area contributed by atoms with Crippen molar-refractivity contribution in [1.82, 2.24) is 9.97 Å². The molecule has 92 valence electrons. The van der Waals surface area contributed by atoms with Crippen molar-refractivity contribution in [2.75, 3.05) is 18.1 Å². The molecular weight excluding hydrogens is 341 g/mol. The highest BCUT2D eigenvalue weighted by Gasteiger charge is 2.19. The summed E-state index contributed by atoms with van der Waals surface area (Å²) in [4.78, 5) is 10.6. The molecule has 0 saturated heterocycles. The van der Waals surface area contributed by atoms with E-state index in [1.54, 1.807) is 6.33 Å². The summed E-state index contributed by atoms with van der Waals surface area (Å²) >= 11 is 2.27. The van der Waals surface area contributed by atoms with Gasteiger partial charge in [0.05, 0.1) is 15.9 Å². The van der Waals surface area contributed by atoms with Crippen molar-refractivity contribution in [3.05, 3.63) is 40.4 Å². The first kappa shape index (κ1) is 11.7. The van der Waals surface area contributed by atoms with Crippen LogP contribution in [0.5, 0.6) is 5.75 Å². The number of hydrogen-bond acceptors (Lipinski definition) is 4. The smallest absolute Gasteiger partial charge is 0.149 e. The number of nitrogens with zero attached hydrogens (tertiary/aromatic N) is 3. The SMILES string of the molecule is Ic1cncnc1N1CCCOc2ccccc21. The zero-order valence-corrected chi connectivity index (χ0v) is 11.9. The van der Waals surface area contributed by atoms with E-state index in [-0.39, 0.29) is 0 Å². The summed E-state index contributed by atoms with van der Waals surface area (Å²) in [6.07, 6.45) is 4.40. The van der Waals surface area contributed by atoms with E-state index in [0.29, 0.717) is 0 Å². The number of fused-ring (bicyclic) bond motifs is 1. The molecule has 2 heterocycles. The monoisotopic (exact) mass is 353 g/mol. The normalized spacial score (nSPS) is 14.6. The third-order valence-electron chi connectivity index (χ3n) is 2.84. The van der Waals surface area contributed by atoms with E-state index in [0.717, 1.165) is 40.4 Å². The molecule has 0 saturated carbocycles. The largest absolute Gasteiger partial charge is 0.491 e. The average Bonchev–Trinajstić information content (AvgIpc) is 2.62. The van der Waals surface area contributed by atoms with E-state index < -0.39 is 0 Å². The highest BCUT2D eigenvalue weighted by molar-refractivity contribution is 14.1. The van der Waals surface area contributed by atoms with Crippen LogP contribution in [0.1, 0.15) is 6.42 Å². The van der Waals surface area contributed by atoms with Crippen LogP contribution in [0.25, 0.3) is 0 Å². The van der Waals surface area contributed by atoms with Crippen molar-refractivity contribution >= 4 is 34.1 Å². The molecule has 0 bridgehead atoms. The Bertz CT molecular complexity index is 561. The molecule has 1 aliphatic rings. The molecule has 4 nitrogen and oxygen atoms in total. The van der Waals surface area contributed by atoms with Crippen molar-refractivity contribution in [1.29, 1.82) is 0 Å². The van der Waals surface area contributed by atoms with E-state index >= 15 is 0 Å². The van der Waals surface area contributed by atoms with Crippen LogP contribution >= 0.6 is 22.6 Å². The summed E-state index contributed by atoms with van der Waals surface area (Å²) in [5.41, 5.74) is 1.08. The van der Waals surface area contributed by atoms with Gasteiger partial charge < -0.3 is 9.64 Å². The number of ether oxygens (including phenoxy) is 1. The van der Waals surface area contributed by atoms with E-state index in [9.17, 15) is 0 Å². The van der Waals surface area contributed by atoms with Crippen LogP contribution in [0.15, 0.2) is 36.8 Å². The van der Waals surface area contributed by atoms with E-state index in [1.165, 1.54) is 0 Å². The van der Waals surface area contributed by atoms with Gasteiger partial charge in [-0.1, -0.05) is 12.1 Å². The van der Waals surface area contributed by atoms with Crippen molar-refractivity contribution < 1.29 is 4.74 Å². The average molecular weight is 353 g/mol. The van der Waals surface area contributed by atoms with E-state index in [2.05, 4.69) is 43.5 Å². The summed E-state index contributed by atoms with van der Waals surface area (Å²) in [6, 6.07) is 8.09. The summed E-state index contributed by atoms with van der Waals surface area (Å²) in [5.74, 6) is 1.87. The van der Waals surface area contributed by atoms with Gasteiger partial charge in [0, 0.05) is 12.7 Å². The molecule has 1 aliphatic heterocycles. The zero-order valence-electron chi connectivity index (χ0n) is 9.71. The second-order valence-corrected chi connectivity index (χ2v) is 5.18.